The van der Waals surface area contributed by atoms with E-state index < -0.39 is 0 Å². The Kier molecular flexibility index (Phi) is 7.76. The predicted molar refractivity (Wildman–Crippen MR) is 121 cm³/mol. The van der Waals surface area contributed by atoms with Crippen LogP contribution in [0.5, 0.6) is 5.75 Å². The highest BCUT2D eigenvalue weighted by atomic mass is 35.5. The molecule has 0 fully saturated rings. The normalized spacial score (nSPS) is 11.0. The minimum Gasteiger partial charge on any atom is -0.484 e. The summed E-state index contributed by atoms with van der Waals surface area (Å²) < 4.78 is 7.72. The van der Waals surface area contributed by atoms with Crippen LogP contribution in [0.2, 0.25) is 5.02 Å². The molecule has 8 heteroatoms. The van der Waals surface area contributed by atoms with Crippen LogP contribution in [0.3, 0.4) is 0 Å². The minimum atomic E-state index is -0.0763. The summed E-state index contributed by atoms with van der Waals surface area (Å²) >= 11 is 7.49. The number of ether oxygens (including phenoxy) is 1. The molecule has 0 aliphatic carbocycles. The number of carbonyl (C=O) groups excluding carboxylic acids is 1. The third-order valence-corrected chi connectivity index (χ3v) is 5.77. The van der Waals surface area contributed by atoms with Crippen molar-refractivity contribution in [3.8, 4) is 5.75 Å². The second kappa shape index (κ2) is 10.5. The van der Waals surface area contributed by atoms with E-state index in [0.29, 0.717) is 34.2 Å². The molecule has 2 aromatic carbocycles. The Bertz CT molecular complexity index is 1010. The van der Waals surface area contributed by atoms with Gasteiger partial charge in [-0.2, -0.15) is 0 Å². The number of nitrogens with zero attached hydrogens (tertiary/aromatic N) is 3. The summed E-state index contributed by atoms with van der Waals surface area (Å²) in [5.74, 6) is 1.79. The van der Waals surface area contributed by atoms with Gasteiger partial charge in [-0.05, 0) is 36.6 Å². The average molecular weight is 445 g/mol. The first-order chi connectivity index (χ1) is 14.5. The van der Waals surface area contributed by atoms with Crippen LogP contribution in [0.4, 0.5) is 5.69 Å². The lowest BCUT2D eigenvalue weighted by Gasteiger charge is -2.13. The van der Waals surface area contributed by atoms with Crippen molar-refractivity contribution in [1.82, 2.24) is 14.8 Å². The highest BCUT2D eigenvalue weighted by Crippen LogP contribution is 2.26. The van der Waals surface area contributed by atoms with Crippen LogP contribution in [-0.2, 0) is 17.9 Å². The number of anilines is 1. The number of hydrogen-bond donors (Lipinski definition) is 1. The number of aromatic nitrogens is 3. The van der Waals surface area contributed by atoms with E-state index in [9.17, 15) is 4.79 Å². The second-order valence-electron chi connectivity index (χ2n) is 6.94. The van der Waals surface area contributed by atoms with Crippen molar-refractivity contribution in [2.24, 2.45) is 0 Å². The predicted octanol–water partition coefficient (Wildman–Crippen LogP) is 5.38. The number of nitrogens with one attached hydrogen (secondary N) is 1. The molecule has 30 heavy (non-hydrogen) atoms. The van der Waals surface area contributed by atoms with Gasteiger partial charge in [-0.15, -0.1) is 10.2 Å². The topological polar surface area (TPSA) is 69.0 Å². The zero-order valence-corrected chi connectivity index (χ0v) is 18.8. The molecule has 0 radical (unpaired) electrons. The van der Waals surface area contributed by atoms with E-state index in [1.54, 1.807) is 6.07 Å². The summed E-state index contributed by atoms with van der Waals surface area (Å²) in [6.07, 6.45) is 0. The number of rotatable bonds is 9. The van der Waals surface area contributed by atoms with E-state index >= 15 is 0 Å². The molecule has 0 atom stereocenters. The molecule has 1 heterocycles. The third kappa shape index (κ3) is 5.55. The standard InChI is InChI=1S/C22H25ClN4O2S/c1-4-27-20(13-29-19-12-8-6-10-17(19)23)25-26-22(27)30-14-21(28)24-18-11-7-5-9-16(18)15(2)3/h5-12,15H,4,13-14H2,1-3H3,(H,24,28). The van der Waals surface area contributed by atoms with Crippen LogP contribution in [-0.4, -0.2) is 26.4 Å². The zero-order chi connectivity index (χ0) is 21.5. The molecular weight excluding hydrogens is 420 g/mol. The van der Waals surface area contributed by atoms with Gasteiger partial charge in [-0.25, -0.2) is 0 Å². The van der Waals surface area contributed by atoms with Crippen LogP contribution >= 0.6 is 23.4 Å². The second-order valence-corrected chi connectivity index (χ2v) is 8.29. The molecule has 3 rings (SSSR count). The maximum Gasteiger partial charge on any atom is 0.234 e. The molecule has 1 N–H and O–H groups in total. The van der Waals surface area contributed by atoms with Crippen LogP contribution in [0.25, 0.3) is 0 Å². The summed E-state index contributed by atoms with van der Waals surface area (Å²) in [5, 5.41) is 12.7. The van der Waals surface area contributed by atoms with Gasteiger partial charge in [0.15, 0.2) is 11.0 Å². The van der Waals surface area contributed by atoms with Crippen LogP contribution < -0.4 is 10.1 Å². The molecule has 1 aromatic heterocycles. The lowest BCUT2D eigenvalue weighted by atomic mass is 10.0. The number of benzene rings is 2. The summed E-state index contributed by atoms with van der Waals surface area (Å²) in [7, 11) is 0. The number of carbonyl (C=O) groups is 1. The molecule has 0 spiro atoms. The lowest BCUT2D eigenvalue weighted by molar-refractivity contribution is -0.113. The molecule has 3 aromatic rings. The summed E-state index contributed by atoms with van der Waals surface area (Å²) in [6, 6.07) is 15.2. The zero-order valence-electron chi connectivity index (χ0n) is 17.3. The Morgan fingerprint density at radius 1 is 1.17 bits per heavy atom. The fourth-order valence-corrected chi connectivity index (χ4v) is 4.00. The van der Waals surface area contributed by atoms with E-state index in [4.69, 9.17) is 16.3 Å². The fraction of sp³-hybridized carbons (Fsp3) is 0.318. The molecule has 158 valence electrons. The molecule has 0 bridgehead atoms. The lowest BCUT2D eigenvalue weighted by Crippen LogP contribution is -2.16. The Morgan fingerprint density at radius 3 is 2.63 bits per heavy atom. The fourth-order valence-electron chi connectivity index (χ4n) is 2.98. The first kappa shape index (κ1) is 22.2. The Balaban J connectivity index is 1.61. The quantitative estimate of drug-likeness (QED) is 0.448. The van der Waals surface area contributed by atoms with E-state index in [1.807, 2.05) is 54.0 Å². The van der Waals surface area contributed by atoms with Crippen molar-refractivity contribution >= 4 is 35.0 Å². The molecule has 0 aliphatic rings. The van der Waals surface area contributed by atoms with Crippen molar-refractivity contribution in [3.05, 3.63) is 64.9 Å². The van der Waals surface area contributed by atoms with Gasteiger partial charge < -0.3 is 14.6 Å². The molecule has 0 saturated carbocycles. The van der Waals surface area contributed by atoms with Gasteiger partial charge in [0.1, 0.15) is 12.4 Å². The molecule has 0 aliphatic heterocycles. The van der Waals surface area contributed by atoms with Crippen molar-refractivity contribution in [2.45, 2.75) is 45.0 Å². The van der Waals surface area contributed by atoms with E-state index in [0.717, 1.165) is 11.3 Å². The summed E-state index contributed by atoms with van der Waals surface area (Å²) in [6.45, 7) is 7.14. The highest BCUT2D eigenvalue weighted by Gasteiger charge is 2.15. The van der Waals surface area contributed by atoms with Gasteiger partial charge in [-0.3, -0.25) is 4.79 Å². The first-order valence-corrected chi connectivity index (χ1v) is 11.2. The molecule has 6 nitrogen and oxygen atoms in total. The van der Waals surface area contributed by atoms with Gasteiger partial charge in [0.25, 0.3) is 0 Å². The van der Waals surface area contributed by atoms with E-state index in [2.05, 4.69) is 29.4 Å². The highest BCUT2D eigenvalue weighted by molar-refractivity contribution is 7.99. The Morgan fingerprint density at radius 2 is 1.90 bits per heavy atom. The van der Waals surface area contributed by atoms with Crippen LogP contribution in [0.1, 0.15) is 38.1 Å². The monoisotopic (exact) mass is 444 g/mol. The van der Waals surface area contributed by atoms with Crippen molar-refractivity contribution in [2.75, 3.05) is 11.1 Å². The Labute approximate surface area is 186 Å². The van der Waals surface area contributed by atoms with E-state index in [1.165, 1.54) is 11.8 Å². The summed E-state index contributed by atoms with van der Waals surface area (Å²) in [5.41, 5.74) is 1.97. The summed E-state index contributed by atoms with van der Waals surface area (Å²) in [4.78, 5) is 12.5. The number of halogens is 1. The molecule has 1 amide bonds. The van der Waals surface area contributed by atoms with Crippen LogP contribution in [0.15, 0.2) is 53.7 Å². The molecular formula is C22H25ClN4O2S. The van der Waals surface area contributed by atoms with Gasteiger partial charge in [-0.1, -0.05) is 67.5 Å². The smallest absolute Gasteiger partial charge is 0.234 e. The first-order valence-electron chi connectivity index (χ1n) is 9.80. The van der Waals surface area contributed by atoms with Crippen molar-refractivity contribution < 1.29 is 9.53 Å². The number of para-hydroxylation sites is 2. The van der Waals surface area contributed by atoms with Gasteiger partial charge in [0.05, 0.1) is 10.8 Å². The number of thioether (sulfide) groups is 1. The SMILES string of the molecule is CCn1c(COc2ccccc2Cl)nnc1SCC(=O)Nc1ccccc1C(C)C. The minimum absolute atomic E-state index is 0.0763. The van der Waals surface area contributed by atoms with Gasteiger partial charge in [0, 0.05) is 12.2 Å². The van der Waals surface area contributed by atoms with Gasteiger partial charge in [0.2, 0.25) is 5.91 Å². The molecule has 0 unspecified atom stereocenters. The molecule has 0 saturated heterocycles. The van der Waals surface area contributed by atoms with E-state index in [-0.39, 0.29) is 18.3 Å². The number of amides is 1. The average Bonchev–Trinajstić information content (AvgIpc) is 3.13. The maximum atomic E-state index is 12.5. The van der Waals surface area contributed by atoms with Crippen molar-refractivity contribution in [3.63, 3.8) is 0 Å². The Hall–Kier alpha value is -2.51. The largest absolute Gasteiger partial charge is 0.484 e. The number of hydrogen-bond acceptors (Lipinski definition) is 5. The maximum absolute atomic E-state index is 12.5. The van der Waals surface area contributed by atoms with Crippen LogP contribution in [0, 0.1) is 0 Å². The third-order valence-electron chi connectivity index (χ3n) is 4.49. The van der Waals surface area contributed by atoms with Crippen molar-refractivity contribution in [1.29, 1.82) is 0 Å². The van der Waals surface area contributed by atoms with Gasteiger partial charge >= 0.3 is 0 Å².